The summed E-state index contributed by atoms with van der Waals surface area (Å²) in [5.41, 5.74) is -0.241. The highest BCUT2D eigenvalue weighted by Crippen LogP contribution is 1.88. The van der Waals surface area contributed by atoms with Crippen molar-refractivity contribution >= 4 is 11.9 Å². The van der Waals surface area contributed by atoms with Gasteiger partial charge < -0.3 is 14.6 Å². The predicted octanol–water partition coefficient (Wildman–Crippen LogP) is -1.14. The van der Waals surface area contributed by atoms with E-state index in [1.165, 1.54) is 6.92 Å². The number of esters is 1. The summed E-state index contributed by atoms with van der Waals surface area (Å²) >= 11 is 0. The average molecular weight is 143 g/mol. The second-order valence-electron chi connectivity index (χ2n) is 1.67. The molecule has 0 aromatic heterocycles. The van der Waals surface area contributed by atoms with Gasteiger partial charge in [0.2, 0.25) is 0 Å². The standard InChI is InChI=1S/C6H8O4/c1-4(6(8)9)3-10-5(2)7/h1,3H2,2H3,(H,8,9)/p-1. The molecule has 0 atom stereocenters. The van der Waals surface area contributed by atoms with Crippen molar-refractivity contribution in [3.63, 3.8) is 0 Å². The van der Waals surface area contributed by atoms with E-state index in [-0.39, 0.29) is 12.2 Å². The maximum atomic E-state index is 10.1. The Hall–Kier alpha value is -1.32. The Morgan fingerprint density at radius 2 is 2.10 bits per heavy atom. The lowest BCUT2D eigenvalue weighted by atomic mass is 10.3. The number of carbonyl (C=O) groups excluding carboxylic acids is 2. The maximum Gasteiger partial charge on any atom is 0.302 e. The van der Waals surface area contributed by atoms with Crippen LogP contribution in [0.3, 0.4) is 0 Å². The number of rotatable bonds is 3. The highest BCUT2D eigenvalue weighted by molar-refractivity contribution is 5.84. The zero-order valence-electron chi connectivity index (χ0n) is 5.55. The van der Waals surface area contributed by atoms with E-state index in [0.29, 0.717) is 0 Å². The summed E-state index contributed by atoms with van der Waals surface area (Å²) < 4.78 is 4.31. The third kappa shape index (κ3) is 3.65. The molecule has 0 aromatic rings. The minimum atomic E-state index is -1.40. The molecule has 0 aliphatic rings. The van der Waals surface area contributed by atoms with E-state index in [1.807, 2.05) is 0 Å². The molecule has 4 nitrogen and oxygen atoms in total. The minimum absolute atomic E-state index is 0.241. The Labute approximate surface area is 58.1 Å². The van der Waals surface area contributed by atoms with Gasteiger partial charge in [0.05, 0.1) is 5.97 Å². The van der Waals surface area contributed by atoms with Gasteiger partial charge >= 0.3 is 5.97 Å². The minimum Gasteiger partial charge on any atom is -0.545 e. The molecule has 0 spiro atoms. The molecule has 4 heteroatoms. The second-order valence-corrected chi connectivity index (χ2v) is 1.67. The average Bonchev–Trinajstić information content (AvgIpc) is 1.82. The fourth-order valence-corrected chi connectivity index (χ4v) is 0.248. The highest BCUT2D eigenvalue weighted by Gasteiger charge is 1.96. The number of hydrogen-bond donors (Lipinski definition) is 0. The van der Waals surface area contributed by atoms with Crippen LogP contribution >= 0.6 is 0 Å². The Kier molecular flexibility index (Phi) is 3.17. The van der Waals surface area contributed by atoms with Crippen LogP contribution < -0.4 is 5.11 Å². The summed E-state index contributed by atoms with van der Waals surface area (Å²) in [6, 6.07) is 0. The van der Waals surface area contributed by atoms with Crippen LogP contribution in [0, 0.1) is 0 Å². The molecule has 0 aromatic carbocycles. The van der Waals surface area contributed by atoms with E-state index in [9.17, 15) is 14.7 Å². The monoisotopic (exact) mass is 143 g/mol. The van der Waals surface area contributed by atoms with Crippen LogP contribution in [0.25, 0.3) is 0 Å². The first kappa shape index (κ1) is 8.68. The Balaban J connectivity index is 3.60. The molecule has 0 saturated heterocycles. The Morgan fingerprint density at radius 3 is 2.40 bits per heavy atom. The predicted molar refractivity (Wildman–Crippen MR) is 30.8 cm³/mol. The maximum absolute atomic E-state index is 10.1. The quantitative estimate of drug-likeness (QED) is 0.370. The Morgan fingerprint density at radius 1 is 1.60 bits per heavy atom. The molecule has 0 radical (unpaired) electrons. The lowest BCUT2D eigenvalue weighted by molar-refractivity contribution is -0.299. The lowest BCUT2D eigenvalue weighted by Crippen LogP contribution is -2.26. The fourth-order valence-electron chi connectivity index (χ4n) is 0.248. The van der Waals surface area contributed by atoms with Crippen molar-refractivity contribution in [3.05, 3.63) is 12.2 Å². The van der Waals surface area contributed by atoms with Crippen molar-refractivity contribution in [3.8, 4) is 0 Å². The topological polar surface area (TPSA) is 66.4 Å². The second kappa shape index (κ2) is 3.66. The molecule has 0 amide bonds. The summed E-state index contributed by atoms with van der Waals surface area (Å²) in [7, 11) is 0. The lowest BCUT2D eigenvalue weighted by Gasteiger charge is -2.04. The summed E-state index contributed by atoms with van der Waals surface area (Å²) in [5, 5.41) is 9.91. The highest BCUT2D eigenvalue weighted by atomic mass is 16.5. The third-order valence-corrected chi connectivity index (χ3v) is 0.738. The van der Waals surface area contributed by atoms with Crippen molar-refractivity contribution in [1.29, 1.82) is 0 Å². The molecule has 0 bridgehead atoms. The van der Waals surface area contributed by atoms with Crippen molar-refractivity contribution in [2.75, 3.05) is 6.61 Å². The number of carboxylic acid groups (broad SMARTS) is 1. The molecule has 0 heterocycles. The summed E-state index contributed by atoms with van der Waals surface area (Å²) in [4.78, 5) is 20.0. The third-order valence-electron chi connectivity index (χ3n) is 0.738. The first-order valence-electron chi connectivity index (χ1n) is 2.56. The van der Waals surface area contributed by atoms with Gasteiger partial charge in [-0.15, -0.1) is 0 Å². The molecule has 0 fully saturated rings. The summed E-state index contributed by atoms with van der Waals surface area (Å²) in [6.07, 6.45) is 0. The molecular weight excluding hydrogens is 136 g/mol. The van der Waals surface area contributed by atoms with Crippen molar-refractivity contribution < 1.29 is 19.4 Å². The molecule has 10 heavy (non-hydrogen) atoms. The van der Waals surface area contributed by atoms with E-state index < -0.39 is 11.9 Å². The van der Waals surface area contributed by atoms with Crippen LogP contribution in [-0.4, -0.2) is 18.5 Å². The number of ether oxygens (including phenoxy) is 1. The summed E-state index contributed by atoms with van der Waals surface area (Å²) in [6.45, 7) is 3.96. The SMILES string of the molecule is C=C(COC(C)=O)C(=O)[O-]. The van der Waals surface area contributed by atoms with E-state index in [0.717, 1.165) is 0 Å². The smallest absolute Gasteiger partial charge is 0.302 e. The van der Waals surface area contributed by atoms with Gasteiger partial charge in [0.1, 0.15) is 6.61 Å². The zero-order valence-corrected chi connectivity index (χ0v) is 5.55. The first-order valence-corrected chi connectivity index (χ1v) is 2.56. The molecule has 0 aliphatic heterocycles. The van der Waals surface area contributed by atoms with Gasteiger partial charge in [-0.1, -0.05) is 6.58 Å². The van der Waals surface area contributed by atoms with Crippen LogP contribution in [0.4, 0.5) is 0 Å². The zero-order chi connectivity index (χ0) is 8.15. The van der Waals surface area contributed by atoms with Crippen LogP contribution in [0.2, 0.25) is 0 Å². The van der Waals surface area contributed by atoms with Crippen molar-refractivity contribution in [1.82, 2.24) is 0 Å². The first-order chi connectivity index (χ1) is 4.54. The van der Waals surface area contributed by atoms with E-state index in [2.05, 4.69) is 11.3 Å². The van der Waals surface area contributed by atoms with Crippen LogP contribution in [0.15, 0.2) is 12.2 Å². The molecule has 0 saturated carbocycles. The van der Waals surface area contributed by atoms with Gasteiger partial charge in [-0.25, -0.2) is 0 Å². The largest absolute Gasteiger partial charge is 0.545 e. The normalized spacial score (nSPS) is 8.50. The van der Waals surface area contributed by atoms with Gasteiger partial charge in [-0.3, -0.25) is 4.79 Å². The van der Waals surface area contributed by atoms with Gasteiger partial charge in [0.15, 0.2) is 0 Å². The molecule has 56 valence electrons. The molecular formula is C6H7O4-. The van der Waals surface area contributed by atoms with Crippen molar-refractivity contribution in [2.45, 2.75) is 6.92 Å². The van der Waals surface area contributed by atoms with Gasteiger partial charge in [-0.2, -0.15) is 0 Å². The van der Waals surface area contributed by atoms with Crippen LogP contribution in [-0.2, 0) is 14.3 Å². The molecule has 0 aliphatic carbocycles. The molecule has 0 unspecified atom stereocenters. The van der Waals surface area contributed by atoms with Gasteiger partial charge in [-0.05, 0) is 0 Å². The number of carboxylic acids is 1. The number of aliphatic carboxylic acids is 1. The number of hydrogen-bond acceptors (Lipinski definition) is 4. The summed E-state index contributed by atoms with van der Waals surface area (Å²) in [5.74, 6) is -1.94. The van der Waals surface area contributed by atoms with Gasteiger partial charge in [0.25, 0.3) is 0 Å². The van der Waals surface area contributed by atoms with E-state index >= 15 is 0 Å². The van der Waals surface area contributed by atoms with Crippen LogP contribution in [0.5, 0.6) is 0 Å². The molecule has 0 rings (SSSR count). The van der Waals surface area contributed by atoms with Crippen molar-refractivity contribution in [2.24, 2.45) is 0 Å². The molecule has 0 N–H and O–H groups in total. The van der Waals surface area contributed by atoms with Gasteiger partial charge in [0, 0.05) is 12.5 Å². The van der Waals surface area contributed by atoms with Crippen LogP contribution in [0.1, 0.15) is 6.92 Å². The van der Waals surface area contributed by atoms with E-state index in [1.54, 1.807) is 0 Å². The fraction of sp³-hybridized carbons (Fsp3) is 0.333. The van der Waals surface area contributed by atoms with E-state index in [4.69, 9.17) is 0 Å². The number of carbonyl (C=O) groups is 2. The Bertz CT molecular complexity index is 171.